The van der Waals surface area contributed by atoms with Gasteiger partial charge in [0, 0.05) is 29.5 Å². The molecule has 164 valence electrons. The first-order valence-electron chi connectivity index (χ1n) is 10.8. The summed E-state index contributed by atoms with van der Waals surface area (Å²) < 4.78 is 7.27. The third kappa shape index (κ3) is 4.87. The molecule has 0 aliphatic carbocycles. The number of nitrogens with zero attached hydrogens (tertiary/aromatic N) is 3. The summed E-state index contributed by atoms with van der Waals surface area (Å²) in [6.45, 7) is 4.18. The summed E-state index contributed by atoms with van der Waals surface area (Å²) in [6, 6.07) is 12.0. The predicted octanol–water partition coefficient (Wildman–Crippen LogP) is 7.22. The number of thiazole rings is 1. The summed E-state index contributed by atoms with van der Waals surface area (Å²) in [5, 5.41) is 3.45. The minimum Gasteiger partial charge on any atom is -0.457 e. The monoisotopic (exact) mass is 470 g/mol. The Balaban J connectivity index is 1.34. The minimum atomic E-state index is 0.781. The topological polar surface area (TPSA) is 59.9 Å². The van der Waals surface area contributed by atoms with Crippen molar-refractivity contribution in [3.63, 3.8) is 0 Å². The molecule has 1 N–H and O–H groups in total. The van der Waals surface area contributed by atoms with E-state index in [2.05, 4.69) is 51.2 Å². The van der Waals surface area contributed by atoms with Crippen LogP contribution in [0.25, 0.3) is 16.3 Å². The Hall–Kier alpha value is -3.34. The van der Waals surface area contributed by atoms with Crippen LogP contribution in [0.2, 0.25) is 0 Å². The zero-order valence-electron chi connectivity index (χ0n) is 18.4. The van der Waals surface area contributed by atoms with Crippen molar-refractivity contribution < 1.29 is 4.74 Å². The van der Waals surface area contributed by atoms with Gasteiger partial charge >= 0.3 is 0 Å². The fraction of sp³-hybridized carbons (Fsp3) is 0.192. The van der Waals surface area contributed by atoms with Crippen LogP contribution in [-0.4, -0.2) is 20.7 Å². The van der Waals surface area contributed by atoms with Gasteiger partial charge in [0.25, 0.3) is 0 Å². The number of anilines is 2. The molecule has 7 heteroatoms. The predicted molar refractivity (Wildman–Crippen MR) is 138 cm³/mol. The Morgan fingerprint density at radius 3 is 2.94 bits per heavy atom. The Morgan fingerprint density at radius 1 is 1.12 bits per heavy atom. The molecule has 5 nitrogen and oxygen atoms in total. The highest BCUT2D eigenvalue weighted by Gasteiger charge is 2.17. The highest BCUT2D eigenvalue weighted by molar-refractivity contribution is 7.99. The van der Waals surface area contributed by atoms with Crippen LogP contribution in [0.3, 0.4) is 0 Å². The molecule has 0 amide bonds. The highest BCUT2D eigenvalue weighted by atomic mass is 32.2. The first-order valence-corrected chi connectivity index (χ1v) is 12.6. The maximum absolute atomic E-state index is 6.12. The van der Waals surface area contributed by atoms with Crippen molar-refractivity contribution in [2.24, 2.45) is 0 Å². The summed E-state index contributed by atoms with van der Waals surface area (Å²) in [6.07, 6.45) is 5.66. The molecule has 0 fully saturated rings. The molecule has 1 aliphatic rings. The molecular formula is C26H22N4OS2. The summed E-state index contributed by atoms with van der Waals surface area (Å²) in [5.74, 6) is 9.72. The third-order valence-electron chi connectivity index (χ3n) is 5.11. The fourth-order valence-electron chi connectivity index (χ4n) is 3.46. The van der Waals surface area contributed by atoms with E-state index in [1.807, 2.05) is 42.8 Å². The normalized spacial score (nSPS) is 12.5. The van der Waals surface area contributed by atoms with Crippen LogP contribution in [-0.2, 0) is 0 Å². The van der Waals surface area contributed by atoms with Crippen LogP contribution in [0.4, 0.5) is 11.5 Å². The van der Waals surface area contributed by atoms with Crippen LogP contribution >= 0.6 is 23.1 Å². The first kappa shape index (κ1) is 21.5. The number of hydrogen-bond donors (Lipinski definition) is 1. The molecule has 33 heavy (non-hydrogen) atoms. The van der Waals surface area contributed by atoms with E-state index in [0.29, 0.717) is 0 Å². The molecule has 2 aromatic carbocycles. The lowest BCUT2D eigenvalue weighted by Gasteiger charge is -2.17. The molecule has 4 aromatic rings. The quantitative estimate of drug-likeness (QED) is 0.311. The lowest BCUT2D eigenvalue weighted by atomic mass is 10.2. The second kappa shape index (κ2) is 9.65. The van der Waals surface area contributed by atoms with Gasteiger partial charge in [-0.15, -0.1) is 23.1 Å². The van der Waals surface area contributed by atoms with E-state index in [0.717, 1.165) is 73.5 Å². The SMILES string of the molecule is CCCC#CC1=Cc2ncnc(Nc3ccc(Oc4ccc5scnc5c4)c(C)c3)c2SC1. The van der Waals surface area contributed by atoms with Crippen LogP contribution in [0.5, 0.6) is 11.5 Å². The molecular weight excluding hydrogens is 448 g/mol. The van der Waals surface area contributed by atoms with E-state index in [-0.39, 0.29) is 0 Å². The van der Waals surface area contributed by atoms with E-state index in [1.54, 1.807) is 29.4 Å². The number of thioether (sulfide) groups is 1. The molecule has 3 heterocycles. The number of unbranched alkanes of at least 4 members (excludes halogenated alkanes) is 1. The molecule has 0 unspecified atom stereocenters. The fourth-order valence-corrected chi connectivity index (χ4v) is 5.07. The van der Waals surface area contributed by atoms with Crippen LogP contribution < -0.4 is 10.1 Å². The van der Waals surface area contributed by atoms with Gasteiger partial charge in [-0.2, -0.15) is 0 Å². The second-order valence-corrected chi connectivity index (χ2v) is 9.51. The number of benzene rings is 2. The van der Waals surface area contributed by atoms with Crippen molar-refractivity contribution in [2.75, 3.05) is 11.1 Å². The molecule has 0 bridgehead atoms. The van der Waals surface area contributed by atoms with Gasteiger partial charge in [-0.3, -0.25) is 0 Å². The smallest absolute Gasteiger partial charge is 0.148 e. The molecule has 0 spiro atoms. The van der Waals surface area contributed by atoms with E-state index in [9.17, 15) is 0 Å². The number of aromatic nitrogens is 3. The van der Waals surface area contributed by atoms with Gasteiger partial charge in [0.05, 0.1) is 26.3 Å². The van der Waals surface area contributed by atoms with E-state index < -0.39 is 0 Å². The van der Waals surface area contributed by atoms with Crippen LogP contribution in [0, 0.1) is 18.8 Å². The van der Waals surface area contributed by atoms with Crippen molar-refractivity contribution in [3.05, 3.63) is 65.1 Å². The molecule has 5 rings (SSSR count). The summed E-state index contributed by atoms with van der Waals surface area (Å²) in [4.78, 5) is 14.4. The van der Waals surface area contributed by atoms with Crippen molar-refractivity contribution in [2.45, 2.75) is 31.6 Å². The molecule has 0 saturated heterocycles. The summed E-state index contributed by atoms with van der Waals surface area (Å²) in [7, 11) is 0. The number of hydrogen-bond acceptors (Lipinski definition) is 7. The number of aryl methyl sites for hydroxylation is 1. The lowest BCUT2D eigenvalue weighted by Crippen LogP contribution is -2.04. The molecule has 1 aliphatic heterocycles. The van der Waals surface area contributed by atoms with Gasteiger partial charge in [-0.05, 0) is 55.3 Å². The number of fused-ring (bicyclic) bond motifs is 2. The molecule has 0 saturated carbocycles. The Kier molecular flexibility index (Phi) is 6.29. The zero-order valence-corrected chi connectivity index (χ0v) is 20.0. The van der Waals surface area contributed by atoms with Crippen LogP contribution in [0.15, 0.2) is 58.7 Å². The van der Waals surface area contributed by atoms with E-state index in [1.165, 1.54) is 0 Å². The van der Waals surface area contributed by atoms with Gasteiger partial charge in [0.2, 0.25) is 0 Å². The minimum absolute atomic E-state index is 0.781. The maximum atomic E-state index is 6.12. The standard InChI is InChI=1S/C26H22N4OS2/c1-3-4-5-6-18-12-22-25(32-14-18)26(28-15-27-22)30-19-7-9-23(17(2)11-19)31-20-8-10-24-21(13-20)29-16-33-24/h7-13,15-16H,3-4,14H2,1-2H3,(H,27,28,30). The molecule has 0 atom stereocenters. The molecule has 2 aromatic heterocycles. The van der Waals surface area contributed by atoms with E-state index >= 15 is 0 Å². The van der Waals surface area contributed by atoms with Gasteiger partial charge in [-0.25, -0.2) is 15.0 Å². The average Bonchev–Trinajstić information content (AvgIpc) is 3.29. The number of nitrogens with one attached hydrogen (secondary N) is 1. The molecule has 0 radical (unpaired) electrons. The third-order valence-corrected chi connectivity index (χ3v) is 7.06. The zero-order chi connectivity index (χ0) is 22.6. The Bertz CT molecular complexity index is 1410. The lowest BCUT2D eigenvalue weighted by molar-refractivity contribution is 0.479. The average molecular weight is 471 g/mol. The summed E-state index contributed by atoms with van der Waals surface area (Å²) in [5.41, 5.74) is 6.81. The summed E-state index contributed by atoms with van der Waals surface area (Å²) >= 11 is 3.35. The number of ether oxygens (including phenoxy) is 1. The van der Waals surface area contributed by atoms with Gasteiger partial charge in [0.15, 0.2) is 0 Å². The maximum Gasteiger partial charge on any atom is 0.148 e. The van der Waals surface area contributed by atoms with Crippen molar-refractivity contribution in [3.8, 4) is 23.3 Å². The van der Waals surface area contributed by atoms with Crippen LogP contribution in [0.1, 0.15) is 31.0 Å². The van der Waals surface area contributed by atoms with Gasteiger partial charge < -0.3 is 10.1 Å². The van der Waals surface area contributed by atoms with Gasteiger partial charge in [-0.1, -0.05) is 18.8 Å². The van der Waals surface area contributed by atoms with Crippen molar-refractivity contribution >= 4 is 50.9 Å². The Labute approximate surface area is 201 Å². The largest absolute Gasteiger partial charge is 0.457 e. The van der Waals surface area contributed by atoms with Crippen molar-refractivity contribution in [1.29, 1.82) is 0 Å². The van der Waals surface area contributed by atoms with Crippen molar-refractivity contribution in [1.82, 2.24) is 15.0 Å². The highest BCUT2D eigenvalue weighted by Crippen LogP contribution is 2.37. The first-order chi connectivity index (χ1) is 16.2. The van der Waals surface area contributed by atoms with E-state index in [4.69, 9.17) is 4.74 Å². The van der Waals surface area contributed by atoms with Gasteiger partial charge in [0.1, 0.15) is 23.6 Å². The second-order valence-electron chi connectivity index (χ2n) is 7.64. The Morgan fingerprint density at radius 2 is 2.06 bits per heavy atom. The number of rotatable bonds is 5.